The van der Waals surface area contributed by atoms with Gasteiger partial charge in [-0.3, -0.25) is 29.6 Å². The molecule has 8 nitrogen and oxygen atoms in total. The minimum absolute atomic E-state index is 0.148. The third kappa shape index (κ3) is 2.61. The highest BCUT2D eigenvalue weighted by Crippen LogP contribution is 2.07. The summed E-state index contributed by atoms with van der Waals surface area (Å²) in [5.74, 6) is -2.02. The van der Waals surface area contributed by atoms with Crippen LogP contribution in [0.4, 0.5) is 0 Å². The van der Waals surface area contributed by atoms with E-state index in [1.54, 1.807) is 0 Å². The lowest BCUT2D eigenvalue weighted by Gasteiger charge is -1.98. The number of hydrogen-bond acceptors (Lipinski definition) is 6. The number of hydrogen-bond donors (Lipinski definition) is 2. The lowest BCUT2D eigenvalue weighted by Crippen LogP contribution is -2.24. The number of imide groups is 2. The molecular weight excluding hydrogens is 220 g/mol. The number of amides is 4. The highest BCUT2D eigenvalue weighted by molar-refractivity contribution is 6.00. The third-order valence-electron chi connectivity index (χ3n) is 2.05. The van der Waals surface area contributed by atoms with E-state index in [-0.39, 0.29) is 35.8 Å². The van der Waals surface area contributed by atoms with Crippen LogP contribution in [0.3, 0.4) is 0 Å². The minimum Gasteiger partial charge on any atom is -0.279 e. The molecule has 0 aromatic heterocycles. The Bertz CT molecular complexity index is 286. The summed E-state index contributed by atoms with van der Waals surface area (Å²) < 4.78 is 0. The van der Waals surface area contributed by atoms with Gasteiger partial charge in [-0.05, 0) is 0 Å². The molecule has 2 aliphatic rings. The molecule has 0 radical (unpaired) electrons. The van der Waals surface area contributed by atoms with Crippen molar-refractivity contribution >= 4 is 23.6 Å². The van der Waals surface area contributed by atoms with Crippen LogP contribution in [0, 0.1) is 0 Å². The maximum Gasteiger partial charge on any atom is 0.253 e. The summed E-state index contributed by atoms with van der Waals surface area (Å²) in [5.41, 5.74) is 0. The van der Waals surface area contributed by atoms with Gasteiger partial charge in [0.1, 0.15) is 0 Å². The fourth-order valence-electron chi connectivity index (χ4n) is 1.13. The Hall–Kier alpha value is -1.80. The van der Waals surface area contributed by atoms with Gasteiger partial charge in [-0.15, -0.1) is 0 Å². The van der Waals surface area contributed by atoms with Crippen molar-refractivity contribution in [2.45, 2.75) is 25.7 Å². The van der Waals surface area contributed by atoms with Crippen molar-refractivity contribution in [1.82, 2.24) is 10.1 Å². The topological polar surface area (TPSA) is 115 Å². The fraction of sp³-hybridized carbons (Fsp3) is 0.500. The lowest BCUT2D eigenvalue weighted by molar-refractivity contribution is -0.172. The van der Waals surface area contributed by atoms with Gasteiger partial charge >= 0.3 is 0 Å². The number of carbonyl (C=O) groups is 4. The van der Waals surface area contributed by atoms with Crippen LogP contribution < -0.4 is 0 Å². The standard InChI is InChI=1S/2C4H5NO3/c2*6-3-1-2-4(7)5(3)8/h2*8H,1-2H2. The molecular formula is C8H10N2O6. The van der Waals surface area contributed by atoms with Gasteiger partial charge in [0.05, 0.1) is 0 Å². The zero-order valence-electron chi connectivity index (χ0n) is 8.25. The Morgan fingerprint density at radius 1 is 0.625 bits per heavy atom. The van der Waals surface area contributed by atoms with Crippen LogP contribution in [-0.4, -0.2) is 44.2 Å². The molecule has 4 amide bonds. The monoisotopic (exact) mass is 230 g/mol. The van der Waals surface area contributed by atoms with Gasteiger partial charge in [-0.2, -0.15) is 10.1 Å². The smallest absolute Gasteiger partial charge is 0.253 e. The second kappa shape index (κ2) is 4.81. The molecule has 0 saturated carbocycles. The van der Waals surface area contributed by atoms with Crippen molar-refractivity contribution in [2.24, 2.45) is 0 Å². The van der Waals surface area contributed by atoms with E-state index in [2.05, 4.69) is 0 Å². The van der Waals surface area contributed by atoms with E-state index >= 15 is 0 Å². The summed E-state index contributed by atoms with van der Waals surface area (Å²) in [4.78, 5) is 41.0. The molecule has 0 unspecified atom stereocenters. The molecule has 0 aliphatic carbocycles. The Morgan fingerprint density at radius 3 is 0.875 bits per heavy atom. The second-order valence-corrected chi connectivity index (χ2v) is 3.20. The quantitative estimate of drug-likeness (QED) is 0.409. The van der Waals surface area contributed by atoms with E-state index in [4.69, 9.17) is 10.4 Å². The summed E-state index contributed by atoms with van der Waals surface area (Å²) in [7, 11) is 0. The molecule has 2 aliphatic heterocycles. The predicted octanol–water partition coefficient (Wildman–Crippen LogP) is -0.951. The summed E-state index contributed by atoms with van der Waals surface area (Å²) in [6.45, 7) is 0. The van der Waals surface area contributed by atoms with Crippen LogP contribution in [0.25, 0.3) is 0 Å². The van der Waals surface area contributed by atoms with E-state index in [0.29, 0.717) is 0 Å². The molecule has 2 fully saturated rings. The first-order valence-electron chi connectivity index (χ1n) is 4.53. The van der Waals surface area contributed by atoms with Crippen LogP contribution in [-0.2, 0) is 19.2 Å². The number of rotatable bonds is 0. The molecule has 0 aromatic carbocycles. The zero-order valence-corrected chi connectivity index (χ0v) is 8.25. The van der Waals surface area contributed by atoms with Gasteiger partial charge in [0.15, 0.2) is 0 Å². The van der Waals surface area contributed by atoms with Crippen LogP contribution in [0.2, 0.25) is 0 Å². The molecule has 0 spiro atoms. The van der Waals surface area contributed by atoms with Crippen molar-refractivity contribution in [2.75, 3.05) is 0 Å². The van der Waals surface area contributed by atoms with Gasteiger partial charge in [0, 0.05) is 25.7 Å². The Morgan fingerprint density at radius 2 is 0.812 bits per heavy atom. The van der Waals surface area contributed by atoms with Crippen LogP contribution in [0.15, 0.2) is 0 Å². The molecule has 0 atom stereocenters. The highest BCUT2D eigenvalue weighted by Gasteiger charge is 2.27. The average Bonchev–Trinajstić information content (AvgIpc) is 2.70. The molecule has 2 saturated heterocycles. The summed E-state index contributed by atoms with van der Waals surface area (Å²) in [5, 5.41) is 17.1. The van der Waals surface area contributed by atoms with E-state index in [1.807, 2.05) is 0 Å². The molecule has 2 N–H and O–H groups in total. The first-order chi connectivity index (χ1) is 7.43. The van der Waals surface area contributed by atoms with Crippen molar-refractivity contribution in [3.05, 3.63) is 0 Å². The summed E-state index contributed by atoms with van der Waals surface area (Å²) in [6.07, 6.45) is 0.593. The maximum atomic E-state index is 10.2. The average molecular weight is 230 g/mol. The molecule has 2 rings (SSSR count). The molecule has 88 valence electrons. The first-order valence-corrected chi connectivity index (χ1v) is 4.53. The fourth-order valence-corrected chi connectivity index (χ4v) is 1.13. The zero-order chi connectivity index (χ0) is 12.3. The maximum absolute atomic E-state index is 10.2. The molecule has 8 heteroatoms. The van der Waals surface area contributed by atoms with E-state index in [1.165, 1.54) is 0 Å². The van der Waals surface area contributed by atoms with Gasteiger partial charge in [-0.1, -0.05) is 0 Å². The van der Waals surface area contributed by atoms with Crippen LogP contribution >= 0.6 is 0 Å². The van der Waals surface area contributed by atoms with E-state index < -0.39 is 23.6 Å². The van der Waals surface area contributed by atoms with Gasteiger partial charge in [-0.25, -0.2) is 0 Å². The van der Waals surface area contributed by atoms with Gasteiger partial charge in [0.25, 0.3) is 23.6 Å². The molecule has 16 heavy (non-hydrogen) atoms. The normalized spacial score (nSPS) is 20.4. The number of hydroxylamine groups is 4. The predicted molar refractivity (Wildman–Crippen MR) is 45.7 cm³/mol. The van der Waals surface area contributed by atoms with Gasteiger partial charge in [0.2, 0.25) is 0 Å². The van der Waals surface area contributed by atoms with E-state index in [9.17, 15) is 19.2 Å². The third-order valence-corrected chi connectivity index (χ3v) is 2.05. The largest absolute Gasteiger partial charge is 0.279 e. The second-order valence-electron chi connectivity index (χ2n) is 3.20. The minimum atomic E-state index is -0.505. The highest BCUT2D eigenvalue weighted by atomic mass is 16.5. The van der Waals surface area contributed by atoms with Crippen LogP contribution in [0.5, 0.6) is 0 Å². The Kier molecular flexibility index (Phi) is 3.69. The summed E-state index contributed by atoms with van der Waals surface area (Å²) in [6, 6.07) is 0. The molecule has 0 aromatic rings. The Labute approximate surface area is 90.0 Å². The first kappa shape index (κ1) is 12.3. The van der Waals surface area contributed by atoms with Gasteiger partial charge < -0.3 is 0 Å². The SMILES string of the molecule is O=C1CCC(=O)N1O.O=C1CCC(=O)N1O. The molecule has 2 heterocycles. The lowest BCUT2D eigenvalue weighted by atomic mass is 10.4. The van der Waals surface area contributed by atoms with Crippen molar-refractivity contribution < 1.29 is 29.6 Å². The number of carbonyl (C=O) groups excluding carboxylic acids is 4. The van der Waals surface area contributed by atoms with Crippen molar-refractivity contribution in [3.63, 3.8) is 0 Å². The van der Waals surface area contributed by atoms with E-state index in [0.717, 1.165) is 0 Å². The van der Waals surface area contributed by atoms with Crippen molar-refractivity contribution in [1.29, 1.82) is 0 Å². The molecule has 0 bridgehead atoms. The van der Waals surface area contributed by atoms with Crippen molar-refractivity contribution in [3.8, 4) is 0 Å². The summed E-state index contributed by atoms with van der Waals surface area (Å²) >= 11 is 0. The van der Waals surface area contributed by atoms with Crippen LogP contribution in [0.1, 0.15) is 25.7 Å². The Balaban J connectivity index is 0.000000160. The number of nitrogens with zero attached hydrogens (tertiary/aromatic N) is 2.